The highest BCUT2D eigenvalue weighted by Gasteiger charge is 2.41. The van der Waals surface area contributed by atoms with Gasteiger partial charge in [0.2, 0.25) is 5.91 Å². The van der Waals surface area contributed by atoms with Crippen LogP contribution < -0.4 is 10.6 Å². The first-order valence-corrected chi connectivity index (χ1v) is 6.85. The van der Waals surface area contributed by atoms with E-state index in [1.165, 1.54) is 6.92 Å². The molecule has 1 aromatic carbocycles. The van der Waals surface area contributed by atoms with Gasteiger partial charge in [0.05, 0.1) is 19.1 Å². The van der Waals surface area contributed by atoms with E-state index in [1.54, 1.807) is 37.4 Å². The molecule has 3 N–H and O–H groups in total. The Balaban J connectivity index is 2.21. The molecule has 1 fully saturated rings. The van der Waals surface area contributed by atoms with Gasteiger partial charge in [-0.15, -0.1) is 0 Å². The van der Waals surface area contributed by atoms with E-state index in [9.17, 15) is 14.7 Å². The summed E-state index contributed by atoms with van der Waals surface area (Å²) in [7, 11) is 1.76. The molecule has 0 saturated carbocycles. The molecule has 3 atom stereocenters. The number of nitrogens with one attached hydrogen (secondary N) is 2. The lowest BCUT2D eigenvalue weighted by Crippen LogP contribution is -2.54. The van der Waals surface area contributed by atoms with Gasteiger partial charge in [0.1, 0.15) is 0 Å². The van der Waals surface area contributed by atoms with Crippen LogP contribution in [0.25, 0.3) is 0 Å². The number of carboxylic acid groups (broad SMARTS) is 1. The lowest BCUT2D eigenvalue weighted by atomic mass is 9.90. The molecule has 0 bridgehead atoms. The van der Waals surface area contributed by atoms with E-state index >= 15 is 0 Å². The number of likely N-dealkylation sites (N-methyl/N-ethyl adjacent to an activating group) is 1. The highest BCUT2D eigenvalue weighted by molar-refractivity contribution is 5.89. The van der Waals surface area contributed by atoms with Gasteiger partial charge in [0.25, 0.3) is 0 Å². The molecule has 2 rings (SSSR count). The van der Waals surface area contributed by atoms with E-state index in [4.69, 9.17) is 4.74 Å². The van der Waals surface area contributed by atoms with Crippen molar-refractivity contribution < 1.29 is 19.4 Å². The number of hydrogen-bond donors (Lipinski definition) is 3. The Bertz CT molecular complexity index is 520. The minimum absolute atomic E-state index is 0.0983. The smallest absolute Gasteiger partial charge is 0.333 e. The van der Waals surface area contributed by atoms with Crippen molar-refractivity contribution in [1.29, 1.82) is 0 Å². The molecule has 1 aliphatic rings. The summed E-state index contributed by atoms with van der Waals surface area (Å²) in [6.07, 6.45) is 0. The lowest BCUT2D eigenvalue weighted by Gasteiger charge is -2.29. The van der Waals surface area contributed by atoms with Gasteiger partial charge in [0.15, 0.2) is 5.54 Å². The second-order valence-electron chi connectivity index (χ2n) is 5.32. The number of hydrogen-bond acceptors (Lipinski definition) is 4. The maximum atomic E-state index is 12.4. The van der Waals surface area contributed by atoms with Crippen molar-refractivity contribution in [1.82, 2.24) is 10.6 Å². The van der Waals surface area contributed by atoms with Gasteiger partial charge in [-0.3, -0.25) is 4.79 Å². The van der Waals surface area contributed by atoms with Crippen molar-refractivity contribution in [2.24, 2.45) is 5.92 Å². The molecule has 0 aliphatic carbocycles. The molecule has 0 aromatic heterocycles. The average molecular weight is 292 g/mol. The van der Waals surface area contributed by atoms with Crippen LogP contribution in [-0.4, -0.2) is 43.3 Å². The van der Waals surface area contributed by atoms with Crippen LogP contribution in [0.4, 0.5) is 0 Å². The first-order chi connectivity index (χ1) is 9.99. The van der Waals surface area contributed by atoms with E-state index in [-0.39, 0.29) is 11.9 Å². The molecule has 1 aliphatic heterocycles. The van der Waals surface area contributed by atoms with Crippen molar-refractivity contribution in [3.05, 3.63) is 35.9 Å². The van der Waals surface area contributed by atoms with E-state index in [0.29, 0.717) is 18.8 Å². The highest BCUT2D eigenvalue weighted by Crippen LogP contribution is 2.23. The summed E-state index contributed by atoms with van der Waals surface area (Å²) in [6, 6.07) is 8.58. The zero-order chi connectivity index (χ0) is 15.5. The molecule has 1 aromatic rings. The zero-order valence-corrected chi connectivity index (χ0v) is 12.1. The molecule has 0 spiro atoms. The number of amides is 1. The second kappa shape index (κ2) is 6.24. The predicted molar refractivity (Wildman–Crippen MR) is 76.7 cm³/mol. The number of aliphatic carboxylic acids is 1. The molecule has 0 radical (unpaired) electrons. The fourth-order valence-corrected chi connectivity index (χ4v) is 2.46. The predicted octanol–water partition coefficient (Wildman–Crippen LogP) is 0.337. The van der Waals surface area contributed by atoms with Gasteiger partial charge >= 0.3 is 5.97 Å². The first kappa shape index (κ1) is 15.5. The van der Waals surface area contributed by atoms with E-state index in [1.807, 2.05) is 0 Å². The van der Waals surface area contributed by atoms with Crippen molar-refractivity contribution in [2.45, 2.75) is 18.5 Å². The standard InChI is InChI=1S/C15H20N2O4/c1-15(14(19)20,10-6-4-3-5-7-10)17-13(18)11-8-21-9-12(11)16-2/h3-7,11-12,16H,8-9H2,1-2H3,(H,17,18)(H,19,20). The summed E-state index contributed by atoms with van der Waals surface area (Å²) in [4.78, 5) is 24.1. The number of benzene rings is 1. The maximum Gasteiger partial charge on any atom is 0.333 e. The summed E-state index contributed by atoms with van der Waals surface area (Å²) in [5.41, 5.74) is -0.926. The Hall–Kier alpha value is -1.92. The van der Waals surface area contributed by atoms with Crippen LogP contribution in [0.2, 0.25) is 0 Å². The fourth-order valence-electron chi connectivity index (χ4n) is 2.46. The third-order valence-electron chi connectivity index (χ3n) is 3.94. The Kier molecular flexibility index (Phi) is 4.59. The molecular formula is C15H20N2O4. The van der Waals surface area contributed by atoms with E-state index < -0.39 is 17.4 Å². The molecule has 6 heteroatoms. The molecule has 1 heterocycles. The molecule has 114 valence electrons. The number of rotatable bonds is 5. The molecule has 21 heavy (non-hydrogen) atoms. The molecular weight excluding hydrogens is 272 g/mol. The lowest BCUT2D eigenvalue weighted by molar-refractivity contribution is -0.148. The maximum absolute atomic E-state index is 12.4. The Labute approximate surface area is 123 Å². The number of carbonyl (C=O) groups is 2. The van der Waals surface area contributed by atoms with Crippen LogP contribution in [0, 0.1) is 5.92 Å². The number of carboxylic acids is 1. The fraction of sp³-hybridized carbons (Fsp3) is 0.467. The van der Waals surface area contributed by atoms with Gasteiger partial charge in [-0.2, -0.15) is 0 Å². The van der Waals surface area contributed by atoms with Crippen LogP contribution in [0.5, 0.6) is 0 Å². The normalized spacial score (nSPS) is 24.3. The van der Waals surface area contributed by atoms with Crippen LogP contribution in [0.1, 0.15) is 12.5 Å². The second-order valence-corrected chi connectivity index (χ2v) is 5.32. The summed E-state index contributed by atoms with van der Waals surface area (Å²) in [6.45, 7) is 2.23. The number of carbonyl (C=O) groups excluding carboxylic acids is 1. The molecule has 1 amide bonds. The summed E-state index contributed by atoms with van der Waals surface area (Å²) in [5.74, 6) is -1.81. The van der Waals surface area contributed by atoms with Crippen LogP contribution in [0.3, 0.4) is 0 Å². The average Bonchev–Trinajstić information content (AvgIpc) is 2.96. The van der Waals surface area contributed by atoms with Crippen molar-refractivity contribution in [3.8, 4) is 0 Å². The highest BCUT2D eigenvalue weighted by atomic mass is 16.5. The zero-order valence-electron chi connectivity index (χ0n) is 12.1. The van der Waals surface area contributed by atoms with Crippen molar-refractivity contribution in [2.75, 3.05) is 20.3 Å². The minimum atomic E-state index is -1.46. The third-order valence-corrected chi connectivity index (χ3v) is 3.94. The Morgan fingerprint density at radius 3 is 2.52 bits per heavy atom. The quantitative estimate of drug-likeness (QED) is 0.728. The SMILES string of the molecule is CNC1COCC1C(=O)NC(C)(C(=O)O)c1ccccc1. The van der Waals surface area contributed by atoms with Gasteiger partial charge in [-0.1, -0.05) is 30.3 Å². The third kappa shape index (κ3) is 3.06. The largest absolute Gasteiger partial charge is 0.479 e. The van der Waals surface area contributed by atoms with E-state index in [0.717, 1.165) is 0 Å². The summed E-state index contributed by atoms with van der Waals surface area (Å²) >= 11 is 0. The Morgan fingerprint density at radius 2 is 1.95 bits per heavy atom. The van der Waals surface area contributed by atoms with Gasteiger partial charge in [-0.05, 0) is 19.5 Å². The van der Waals surface area contributed by atoms with Crippen LogP contribution >= 0.6 is 0 Å². The molecule has 3 unspecified atom stereocenters. The number of ether oxygens (including phenoxy) is 1. The minimum Gasteiger partial charge on any atom is -0.479 e. The molecule has 1 saturated heterocycles. The topological polar surface area (TPSA) is 87.7 Å². The summed E-state index contributed by atoms with van der Waals surface area (Å²) in [5, 5.41) is 15.2. The van der Waals surface area contributed by atoms with Crippen LogP contribution in [0.15, 0.2) is 30.3 Å². The van der Waals surface area contributed by atoms with Crippen LogP contribution in [-0.2, 0) is 19.9 Å². The summed E-state index contributed by atoms with van der Waals surface area (Å²) < 4.78 is 5.29. The van der Waals surface area contributed by atoms with Crippen molar-refractivity contribution in [3.63, 3.8) is 0 Å². The monoisotopic (exact) mass is 292 g/mol. The van der Waals surface area contributed by atoms with Gasteiger partial charge < -0.3 is 20.5 Å². The van der Waals surface area contributed by atoms with E-state index in [2.05, 4.69) is 10.6 Å². The van der Waals surface area contributed by atoms with Crippen molar-refractivity contribution >= 4 is 11.9 Å². The first-order valence-electron chi connectivity index (χ1n) is 6.85. The van der Waals surface area contributed by atoms with Gasteiger partial charge in [0, 0.05) is 6.04 Å². The Morgan fingerprint density at radius 1 is 1.29 bits per heavy atom. The van der Waals surface area contributed by atoms with Gasteiger partial charge in [-0.25, -0.2) is 4.79 Å². The molecule has 6 nitrogen and oxygen atoms in total.